The van der Waals surface area contributed by atoms with Gasteiger partial charge in [0.15, 0.2) is 5.96 Å². The van der Waals surface area contributed by atoms with Crippen LogP contribution in [0.4, 0.5) is 5.69 Å². The zero-order chi connectivity index (χ0) is 20.1. The minimum Gasteiger partial charge on any atom is -0.356 e. The number of halogens is 1. The molecule has 3 heterocycles. The van der Waals surface area contributed by atoms with Crippen molar-refractivity contribution in [2.45, 2.75) is 38.5 Å². The van der Waals surface area contributed by atoms with Gasteiger partial charge in [-0.15, -0.1) is 24.0 Å². The van der Waals surface area contributed by atoms with E-state index in [1.165, 1.54) is 44.5 Å². The van der Waals surface area contributed by atoms with E-state index in [0.717, 1.165) is 56.6 Å². The molecule has 6 nitrogen and oxygen atoms in total. The van der Waals surface area contributed by atoms with Crippen LogP contribution in [0.15, 0.2) is 29.3 Å². The average molecular weight is 525 g/mol. The van der Waals surface area contributed by atoms with Gasteiger partial charge in [0.1, 0.15) is 0 Å². The Labute approximate surface area is 198 Å². The fourth-order valence-electron chi connectivity index (χ4n) is 5.01. The van der Waals surface area contributed by atoms with Crippen molar-refractivity contribution < 1.29 is 4.79 Å². The molecule has 1 N–H and O–H groups in total. The number of rotatable bonds is 6. The van der Waals surface area contributed by atoms with Crippen molar-refractivity contribution in [3.8, 4) is 0 Å². The largest absolute Gasteiger partial charge is 0.356 e. The normalized spacial score (nSPS) is 21.6. The maximum atomic E-state index is 12.6. The number of hydrogen-bond acceptors (Lipinski definition) is 3. The second-order valence-electron chi connectivity index (χ2n) is 8.61. The molecule has 4 rings (SSSR count). The maximum Gasteiger partial charge on any atom is 0.227 e. The number of guanidine groups is 1. The molecule has 0 saturated carbocycles. The van der Waals surface area contributed by atoms with Gasteiger partial charge in [-0.05, 0) is 62.7 Å². The molecule has 7 heteroatoms. The summed E-state index contributed by atoms with van der Waals surface area (Å²) in [7, 11) is 1.86. The first-order valence-electron chi connectivity index (χ1n) is 11.3. The molecule has 0 aliphatic carbocycles. The van der Waals surface area contributed by atoms with Crippen LogP contribution in [0.5, 0.6) is 0 Å². The molecule has 0 spiro atoms. The lowest BCUT2D eigenvalue weighted by Crippen LogP contribution is -2.41. The summed E-state index contributed by atoms with van der Waals surface area (Å²) in [5.41, 5.74) is 2.39. The fraction of sp³-hybridized carbons (Fsp3) is 0.652. The van der Waals surface area contributed by atoms with Crippen LogP contribution in [-0.2, 0) is 11.2 Å². The minimum absolute atomic E-state index is 0. The first kappa shape index (κ1) is 23.3. The van der Waals surface area contributed by atoms with Gasteiger partial charge < -0.3 is 20.0 Å². The molecule has 3 aliphatic rings. The van der Waals surface area contributed by atoms with Crippen molar-refractivity contribution in [1.29, 1.82) is 0 Å². The Morgan fingerprint density at radius 1 is 1.17 bits per heavy atom. The Morgan fingerprint density at radius 3 is 2.77 bits per heavy atom. The van der Waals surface area contributed by atoms with Gasteiger partial charge in [0.25, 0.3) is 0 Å². The van der Waals surface area contributed by atoms with Crippen LogP contribution < -0.4 is 10.2 Å². The van der Waals surface area contributed by atoms with Crippen LogP contribution in [-0.4, -0.2) is 74.5 Å². The number of nitrogens with one attached hydrogen (secondary N) is 1. The molecule has 30 heavy (non-hydrogen) atoms. The second kappa shape index (κ2) is 11.3. The molecule has 1 aromatic rings. The Hall–Kier alpha value is -1.35. The molecular formula is C23H36IN5O. The van der Waals surface area contributed by atoms with Crippen LogP contribution >= 0.6 is 24.0 Å². The smallest absolute Gasteiger partial charge is 0.227 e. The Kier molecular flexibility index (Phi) is 8.80. The predicted octanol–water partition coefficient (Wildman–Crippen LogP) is 2.97. The predicted molar refractivity (Wildman–Crippen MR) is 134 cm³/mol. The summed E-state index contributed by atoms with van der Waals surface area (Å²) in [5, 5.41) is 3.48. The molecule has 2 saturated heterocycles. The summed E-state index contributed by atoms with van der Waals surface area (Å²) in [5.74, 6) is 1.98. The molecule has 1 unspecified atom stereocenters. The van der Waals surface area contributed by atoms with Gasteiger partial charge in [-0.3, -0.25) is 9.79 Å². The number of fused-ring (bicyclic) bond motifs is 1. The summed E-state index contributed by atoms with van der Waals surface area (Å²) in [6, 6.07) is 8.26. The van der Waals surface area contributed by atoms with Crippen LogP contribution in [0, 0.1) is 5.92 Å². The van der Waals surface area contributed by atoms with E-state index < -0.39 is 0 Å². The number of benzene rings is 1. The zero-order valence-electron chi connectivity index (χ0n) is 18.2. The highest BCUT2D eigenvalue weighted by atomic mass is 127. The number of para-hydroxylation sites is 1. The zero-order valence-corrected chi connectivity index (χ0v) is 20.5. The highest BCUT2D eigenvalue weighted by Crippen LogP contribution is 2.28. The third-order valence-corrected chi connectivity index (χ3v) is 6.55. The number of likely N-dealkylation sites (tertiary alicyclic amines) is 2. The van der Waals surface area contributed by atoms with E-state index in [2.05, 4.69) is 38.3 Å². The Morgan fingerprint density at radius 2 is 1.97 bits per heavy atom. The van der Waals surface area contributed by atoms with Crippen molar-refractivity contribution in [1.82, 2.24) is 15.1 Å². The SMILES string of the molecule is CN=C(NCCCC(=O)N1CCc2ccccc21)N1CCC(CN2CCCC2)C1.I. The topological polar surface area (TPSA) is 51.2 Å². The molecule has 2 fully saturated rings. The van der Waals surface area contributed by atoms with Gasteiger partial charge in [0, 0.05) is 51.9 Å². The fourth-order valence-corrected chi connectivity index (χ4v) is 5.01. The molecule has 0 radical (unpaired) electrons. The Bertz CT molecular complexity index is 734. The minimum atomic E-state index is 0. The van der Waals surface area contributed by atoms with Crippen LogP contribution in [0.2, 0.25) is 0 Å². The molecule has 1 amide bonds. The van der Waals surface area contributed by atoms with E-state index in [9.17, 15) is 4.79 Å². The standard InChI is InChI=1S/C23H35N5O.HI/c1-24-23(27-15-10-19(18-27)17-26-13-4-5-14-26)25-12-6-9-22(29)28-16-11-20-7-2-3-8-21(20)28;/h2-3,7-8,19H,4-6,9-18H2,1H3,(H,24,25);1H. The lowest BCUT2D eigenvalue weighted by atomic mass is 10.1. The van der Waals surface area contributed by atoms with E-state index >= 15 is 0 Å². The average Bonchev–Trinajstić information content (AvgIpc) is 3.49. The number of aliphatic imine (C=N–C) groups is 1. The van der Waals surface area contributed by atoms with Gasteiger partial charge >= 0.3 is 0 Å². The third-order valence-electron chi connectivity index (χ3n) is 6.55. The molecule has 1 atom stereocenters. The van der Waals surface area contributed by atoms with Crippen molar-refractivity contribution in [3.63, 3.8) is 0 Å². The van der Waals surface area contributed by atoms with Crippen molar-refractivity contribution in [2.75, 3.05) is 57.8 Å². The van der Waals surface area contributed by atoms with Crippen molar-refractivity contribution in [3.05, 3.63) is 29.8 Å². The third kappa shape index (κ3) is 5.66. The van der Waals surface area contributed by atoms with E-state index in [0.29, 0.717) is 6.42 Å². The molecule has 3 aliphatic heterocycles. The van der Waals surface area contributed by atoms with Crippen molar-refractivity contribution >= 4 is 41.5 Å². The monoisotopic (exact) mass is 525 g/mol. The summed E-state index contributed by atoms with van der Waals surface area (Å²) in [4.78, 5) is 24.1. The lowest BCUT2D eigenvalue weighted by molar-refractivity contribution is -0.118. The Balaban J connectivity index is 0.00000256. The lowest BCUT2D eigenvalue weighted by Gasteiger charge is -2.23. The quantitative estimate of drug-likeness (QED) is 0.269. The summed E-state index contributed by atoms with van der Waals surface area (Å²) >= 11 is 0. The number of nitrogens with zero attached hydrogens (tertiary/aromatic N) is 4. The summed E-state index contributed by atoms with van der Waals surface area (Å²) in [6.45, 7) is 7.58. The molecule has 166 valence electrons. The summed E-state index contributed by atoms with van der Waals surface area (Å²) < 4.78 is 0. The second-order valence-corrected chi connectivity index (χ2v) is 8.61. The number of anilines is 1. The van der Waals surface area contributed by atoms with Gasteiger partial charge in [-0.1, -0.05) is 18.2 Å². The number of hydrogen-bond donors (Lipinski definition) is 1. The first-order valence-corrected chi connectivity index (χ1v) is 11.3. The van der Waals surface area contributed by atoms with E-state index in [4.69, 9.17) is 0 Å². The highest BCUT2D eigenvalue weighted by Gasteiger charge is 2.27. The number of carbonyl (C=O) groups is 1. The van der Waals surface area contributed by atoms with Gasteiger partial charge in [-0.2, -0.15) is 0 Å². The summed E-state index contributed by atoms with van der Waals surface area (Å²) in [6.07, 6.45) is 6.37. The number of amides is 1. The van der Waals surface area contributed by atoms with Crippen LogP contribution in [0.3, 0.4) is 0 Å². The van der Waals surface area contributed by atoms with Gasteiger partial charge in [-0.25, -0.2) is 0 Å². The van der Waals surface area contributed by atoms with E-state index in [-0.39, 0.29) is 29.9 Å². The highest BCUT2D eigenvalue weighted by molar-refractivity contribution is 14.0. The molecule has 0 bridgehead atoms. The molecule has 1 aromatic carbocycles. The van der Waals surface area contributed by atoms with Gasteiger partial charge in [0.05, 0.1) is 0 Å². The molecular weight excluding hydrogens is 489 g/mol. The van der Waals surface area contributed by atoms with Crippen LogP contribution in [0.25, 0.3) is 0 Å². The van der Waals surface area contributed by atoms with Gasteiger partial charge in [0.2, 0.25) is 5.91 Å². The van der Waals surface area contributed by atoms with Crippen LogP contribution in [0.1, 0.15) is 37.7 Å². The van der Waals surface area contributed by atoms with E-state index in [1.807, 2.05) is 18.0 Å². The molecule has 0 aromatic heterocycles. The first-order chi connectivity index (χ1) is 14.2. The maximum absolute atomic E-state index is 12.6. The van der Waals surface area contributed by atoms with Crippen molar-refractivity contribution in [2.24, 2.45) is 10.9 Å². The number of carbonyl (C=O) groups excluding carboxylic acids is 1. The van der Waals surface area contributed by atoms with E-state index in [1.54, 1.807) is 0 Å².